The number of rotatable bonds is 2. The smallest absolute Gasteiger partial charge is 0.144 e. The van der Waals surface area contributed by atoms with E-state index in [1.54, 1.807) is 0 Å². The van der Waals surface area contributed by atoms with Gasteiger partial charge in [-0.05, 0) is 23.0 Å². The van der Waals surface area contributed by atoms with Gasteiger partial charge in [-0.25, -0.2) is 10.8 Å². The van der Waals surface area contributed by atoms with Gasteiger partial charge in [0, 0.05) is 10.9 Å². The summed E-state index contributed by atoms with van der Waals surface area (Å²) in [5, 5.41) is 1.18. The van der Waals surface area contributed by atoms with Gasteiger partial charge in [-0.3, -0.25) is 0 Å². The van der Waals surface area contributed by atoms with Gasteiger partial charge in [0.2, 0.25) is 0 Å². The van der Waals surface area contributed by atoms with E-state index < -0.39 is 0 Å². The van der Waals surface area contributed by atoms with E-state index in [9.17, 15) is 0 Å². The van der Waals surface area contributed by atoms with Crippen LogP contribution in [0.2, 0.25) is 0 Å². The van der Waals surface area contributed by atoms with Gasteiger partial charge in [-0.1, -0.05) is 52.8 Å². The highest BCUT2D eigenvalue weighted by atomic mass is 15.3. The van der Waals surface area contributed by atoms with Gasteiger partial charge in [-0.15, -0.1) is 0 Å². The summed E-state index contributed by atoms with van der Waals surface area (Å²) in [7, 11) is 0. The highest BCUT2D eigenvalue weighted by molar-refractivity contribution is 5.85. The number of pyridine rings is 1. The zero-order valence-corrected chi connectivity index (χ0v) is 12.4. The van der Waals surface area contributed by atoms with Crippen LogP contribution < -0.4 is 11.3 Å². The molecule has 3 N–H and O–H groups in total. The Labute approximate surface area is 115 Å². The number of hydrogen-bond acceptors (Lipinski definition) is 3. The minimum atomic E-state index is 0.0106. The number of nitrogens with zero attached hydrogens (tertiary/aromatic N) is 1. The Morgan fingerprint density at radius 2 is 1.89 bits per heavy atom. The summed E-state index contributed by atoms with van der Waals surface area (Å²) in [6.45, 7) is 10.9. The van der Waals surface area contributed by atoms with Crippen molar-refractivity contribution in [1.82, 2.24) is 4.98 Å². The number of benzene rings is 1. The molecule has 0 aliphatic heterocycles. The predicted octanol–water partition coefficient (Wildman–Crippen LogP) is 3.94. The molecule has 1 heterocycles. The average Bonchev–Trinajstić information content (AvgIpc) is 2.35. The van der Waals surface area contributed by atoms with E-state index in [1.807, 2.05) is 0 Å². The Balaban J connectivity index is 2.78. The number of aromatic nitrogens is 1. The summed E-state index contributed by atoms with van der Waals surface area (Å²) in [5.74, 6) is 6.87. The standard InChI is InChI=1S/C16H23N3/c1-10(2)12-8-6-7-11-9-13(16(3,4)5)15(19-17)18-14(11)12/h6-10H,17H2,1-5H3,(H,18,19). The van der Waals surface area contributed by atoms with Crippen LogP contribution in [0.5, 0.6) is 0 Å². The maximum absolute atomic E-state index is 5.65. The Morgan fingerprint density at radius 1 is 1.21 bits per heavy atom. The molecule has 0 spiro atoms. The SMILES string of the molecule is CC(C)c1cccc2cc(C(C)(C)C)c(NN)nc12. The number of para-hydroxylation sites is 1. The monoisotopic (exact) mass is 257 g/mol. The molecule has 0 bridgehead atoms. The van der Waals surface area contributed by atoms with E-state index >= 15 is 0 Å². The third-order valence-corrected chi connectivity index (χ3v) is 3.44. The van der Waals surface area contributed by atoms with Crippen molar-refractivity contribution in [3.8, 4) is 0 Å². The van der Waals surface area contributed by atoms with Crippen molar-refractivity contribution in [2.75, 3.05) is 5.43 Å². The van der Waals surface area contributed by atoms with Gasteiger partial charge < -0.3 is 5.43 Å². The molecular weight excluding hydrogens is 234 g/mol. The van der Waals surface area contributed by atoms with E-state index in [-0.39, 0.29) is 5.41 Å². The molecule has 0 aliphatic rings. The van der Waals surface area contributed by atoms with Crippen molar-refractivity contribution in [3.05, 3.63) is 35.4 Å². The lowest BCUT2D eigenvalue weighted by atomic mass is 9.86. The van der Waals surface area contributed by atoms with E-state index in [0.29, 0.717) is 5.92 Å². The van der Waals surface area contributed by atoms with Crippen LogP contribution in [0.4, 0.5) is 5.82 Å². The molecule has 0 saturated carbocycles. The zero-order chi connectivity index (χ0) is 14.2. The molecule has 2 rings (SSSR count). The summed E-state index contributed by atoms with van der Waals surface area (Å²) in [6.07, 6.45) is 0. The van der Waals surface area contributed by atoms with Crippen LogP contribution >= 0.6 is 0 Å². The highest BCUT2D eigenvalue weighted by Crippen LogP contribution is 2.33. The minimum absolute atomic E-state index is 0.0106. The quantitative estimate of drug-likeness (QED) is 0.633. The molecule has 2 aromatic rings. The molecule has 1 aromatic carbocycles. The van der Waals surface area contributed by atoms with Crippen molar-refractivity contribution in [3.63, 3.8) is 0 Å². The van der Waals surface area contributed by atoms with Crippen molar-refractivity contribution >= 4 is 16.7 Å². The molecule has 0 amide bonds. The topological polar surface area (TPSA) is 50.9 Å². The molecule has 3 nitrogen and oxygen atoms in total. The molecule has 0 unspecified atom stereocenters. The van der Waals surface area contributed by atoms with Crippen molar-refractivity contribution in [1.29, 1.82) is 0 Å². The van der Waals surface area contributed by atoms with Crippen LogP contribution in [-0.2, 0) is 5.41 Å². The van der Waals surface area contributed by atoms with E-state index in [2.05, 4.69) is 64.3 Å². The van der Waals surface area contributed by atoms with Crippen molar-refractivity contribution < 1.29 is 0 Å². The number of nitrogens with two attached hydrogens (primary N) is 1. The molecule has 19 heavy (non-hydrogen) atoms. The maximum Gasteiger partial charge on any atom is 0.144 e. The first-order valence-corrected chi connectivity index (χ1v) is 6.75. The van der Waals surface area contributed by atoms with Gasteiger partial charge >= 0.3 is 0 Å². The van der Waals surface area contributed by atoms with Crippen LogP contribution in [0.3, 0.4) is 0 Å². The van der Waals surface area contributed by atoms with Crippen LogP contribution in [0.15, 0.2) is 24.3 Å². The number of hydrazine groups is 1. The molecule has 0 saturated heterocycles. The van der Waals surface area contributed by atoms with Gasteiger partial charge in [0.05, 0.1) is 5.52 Å². The van der Waals surface area contributed by atoms with Gasteiger partial charge in [0.1, 0.15) is 5.82 Å². The fourth-order valence-electron chi connectivity index (χ4n) is 2.37. The van der Waals surface area contributed by atoms with Gasteiger partial charge in [0.15, 0.2) is 0 Å². The summed E-state index contributed by atoms with van der Waals surface area (Å²) in [6, 6.07) is 8.55. The number of nitrogens with one attached hydrogen (secondary N) is 1. The number of anilines is 1. The average molecular weight is 257 g/mol. The first-order valence-electron chi connectivity index (χ1n) is 6.75. The Kier molecular flexibility index (Phi) is 3.50. The predicted molar refractivity (Wildman–Crippen MR) is 82.3 cm³/mol. The van der Waals surface area contributed by atoms with E-state index in [4.69, 9.17) is 10.8 Å². The van der Waals surface area contributed by atoms with Gasteiger partial charge in [0.25, 0.3) is 0 Å². The maximum atomic E-state index is 5.65. The third-order valence-electron chi connectivity index (χ3n) is 3.44. The van der Waals surface area contributed by atoms with E-state index in [0.717, 1.165) is 16.9 Å². The Bertz CT molecular complexity index is 595. The molecular formula is C16H23N3. The second kappa shape index (κ2) is 4.82. The number of hydrogen-bond donors (Lipinski definition) is 2. The van der Waals surface area contributed by atoms with Crippen molar-refractivity contribution in [2.45, 2.75) is 46.0 Å². The largest absolute Gasteiger partial charge is 0.308 e. The summed E-state index contributed by atoms with van der Waals surface area (Å²) >= 11 is 0. The number of fused-ring (bicyclic) bond motifs is 1. The molecule has 0 fully saturated rings. The third kappa shape index (κ3) is 2.56. The lowest BCUT2D eigenvalue weighted by molar-refractivity contribution is 0.590. The minimum Gasteiger partial charge on any atom is -0.308 e. The molecule has 1 aromatic heterocycles. The van der Waals surface area contributed by atoms with Crippen molar-refractivity contribution in [2.24, 2.45) is 5.84 Å². The normalized spacial score (nSPS) is 12.2. The second-order valence-corrected chi connectivity index (χ2v) is 6.35. The van der Waals surface area contributed by atoms with E-state index in [1.165, 1.54) is 10.9 Å². The molecule has 102 valence electrons. The molecule has 3 heteroatoms. The fourth-order valence-corrected chi connectivity index (χ4v) is 2.37. The zero-order valence-electron chi connectivity index (χ0n) is 12.4. The number of nitrogen functional groups attached to an aromatic ring is 1. The first kappa shape index (κ1) is 13.8. The van der Waals surface area contributed by atoms with Crippen LogP contribution in [-0.4, -0.2) is 4.98 Å². The first-order chi connectivity index (χ1) is 8.84. The van der Waals surface area contributed by atoms with Crippen LogP contribution in [0, 0.1) is 0 Å². The Morgan fingerprint density at radius 3 is 2.42 bits per heavy atom. The van der Waals surface area contributed by atoms with Crippen LogP contribution in [0.25, 0.3) is 10.9 Å². The molecule has 0 aliphatic carbocycles. The van der Waals surface area contributed by atoms with Gasteiger partial charge in [-0.2, -0.15) is 0 Å². The Hall–Kier alpha value is -1.61. The molecule has 0 atom stereocenters. The lowest BCUT2D eigenvalue weighted by Crippen LogP contribution is -2.19. The lowest BCUT2D eigenvalue weighted by Gasteiger charge is -2.23. The summed E-state index contributed by atoms with van der Waals surface area (Å²) in [4.78, 5) is 4.75. The fraction of sp³-hybridized carbons (Fsp3) is 0.438. The summed E-state index contributed by atoms with van der Waals surface area (Å²) < 4.78 is 0. The summed E-state index contributed by atoms with van der Waals surface area (Å²) in [5.41, 5.74) is 6.20. The van der Waals surface area contributed by atoms with Crippen LogP contribution in [0.1, 0.15) is 51.7 Å². The highest BCUT2D eigenvalue weighted by Gasteiger charge is 2.20. The second-order valence-electron chi connectivity index (χ2n) is 6.35. The molecule has 0 radical (unpaired) electrons.